The Bertz CT molecular complexity index is 1130. The number of hydrogen-bond donors (Lipinski definition) is 2. The highest BCUT2D eigenvalue weighted by Gasteiger charge is 2.39. The van der Waals surface area contributed by atoms with Gasteiger partial charge in [-0.15, -0.1) is 12.4 Å². The van der Waals surface area contributed by atoms with Crippen LogP contribution in [0, 0.1) is 0 Å². The zero-order chi connectivity index (χ0) is 20.9. The van der Waals surface area contributed by atoms with Gasteiger partial charge in [0.1, 0.15) is 17.1 Å². The van der Waals surface area contributed by atoms with Crippen molar-refractivity contribution in [2.24, 2.45) is 0 Å². The maximum atomic E-state index is 6.62. The normalized spacial score (nSPS) is 22.4. The van der Waals surface area contributed by atoms with Crippen LogP contribution in [0.25, 0.3) is 22.6 Å². The summed E-state index contributed by atoms with van der Waals surface area (Å²) >= 11 is 6.62. The molecule has 170 valence electrons. The van der Waals surface area contributed by atoms with Crippen molar-refractivity contribution in [1.82, 2.24) is 20.3 Å². The van der Waals surface area contributed by atoms with Gasteiger partial charge < -0.3 is 29.6 Å². The molecule has 2 atom stereocenters. The van der Waals surface area contributed by atoms with Crippen molar-refractivity contribution in [3.8, 4) is 17.1 Å². The van der Waals surface area contributed by atoms with E-state index in [9.17, 15) is 0 Å². The minimum atomic E-state index is 0. The molecule has 2 N–H and O–H groups in total. The molecule has 6 rings (SSSR count). The number of pyridine rings is 1. The lowest BCUT2D eigenvalue weighted by molar-refractivity contribution is 0.122. The number of piperazine rings is 1. The number of aromatic amines is 1. The van der Waals surface area contributed by atoms with Gasteiger partial charge in [0.25, 0.3) is 0 Å². The van der Waals surface area contributed by atoms with E-state index in [1.807, 2.05) is 0 Å². The Morgan fingerprint density at radius 2 is 2.09 bits per heavy atom. The Morgan fingerprint density at radius 3 is 2.81 bits per heavy atom. The monoisotopic (exact) mass is 476 g/mol. The largest absolute Gasteiger partial charge is 0.496 e. The van der Waals surface area contributed by atoms with Crippen molar-refractivity contribution in [1.29, 1.82) is 0 Å². The maximum absolute atomic E-state index is 6.62. The van der Waals surface area contributed by atoms with Gasteiger partial charge in [-0.3, -0.25) is 0 Å². The highest BCUT2D eigenvalue weighted by molar-refractivity contribution is 6.34. The molecule has 10 heteroatoms. The minimum Gasteiger partial charge on any atom is -0.496 e. The van der Waals surface area contributed by atoms with E-state index in [0.717, 1.165) is 85.5 Å². The second-order valence-electron chi connectivity index (χ2n) is 8.37. The molecule has 2 unspecified atom stereocenters. The lowest BCUT2D eigenvalue weighted by Crippen LogP contribution is -2.43. The quantitative estimate of drug-likeness (QED) is 0.598. The molecule has 1 aromatic carbocycles. The number of aromatic nitrogens is 3. The first-order chi connectivity index (χ1) is 15.2. The van der Waals surface area contributed by atoms with E-state index in [1.54, 1.807) is 13.3 Å². The number of hydrogen-bond acceptors (Lipinski definition) is 7. The van der Waals surface area contributed by atoms with E-state index in [1.165, 1.54) is 0 Å². The van der Waals surface area contributed by atoms with E-state index in [2.05, 4.69) is 43.3 Å². The van der Waals surface area contributed by atoms with Gasteiger partial charge in [0.2, 0.25) is 0 Å². The van der Waals surface area contributed by atoms with Crippen molar-refractivity contribution in [2.75, 3.05) is 56.3 Å². The van der Waals surface area contributed by atoms with Crippen molar-refractivity contribution < 1.29 is 9.47 Å². The van der Waals surface area contributed by atoms with Crippen molar-refractivity contribution in [3.63, 3.8) is 0 Å². The van der Waals surface area contributed by atoms with Gasteiger partial charge in [0.05, 0.1) is 42.8 Å². The second-order valence-corrected chi connectivity index (χ2v) is 8.78. The highest BCUT2D eigenvalue weighted by Crippen LogP contribution is 2.40. The molecule has 5 heterocycles. The van der Waals surface area contributed by atoms with Gasteiger partial charge in [-0.2, -0.15) is 0 Å². The lowest BCUT2D eigenvalue weighted by atomic mass is 10.1. The standard InChI is InChI=1S/C22H25ClN6O2.ClH/c1-30-18-9-14(28-4-6-31-7-5-28)2-3-16(18)21-26-19-20(17(23)11-25-22(19)27-21)29-12-13-8-15(29)10-24-13;/h2-3,9,11,13,15,24H,4-8,10,12H2,1H3,(H,25,26,27);1H. The molecule has 0 radical (unpaired) electrons. The number of H-pyrrole nitrogens is 1. The third-order valence-electron chi connectivity index (χ3n) is 6.60. The molecule has 2 aromatic heterocycles. The first kappa shape index (κ1) is 21.6. The first-order valence-electron chi connectivity index (χ1n) is 10.8. The molecular weight excluding hydrogens is 451 g/mol. The van der Waals surface area contributed by atoms with Crippen LogP contribution in [0.2, 0.25) is 5.02 Å². The highest BCUT2D eigenvalue weighted by atomic mass is 35.5. The fourth-order valence-electron chi connectivity index (χ4n) is 5.05. The van der Waals surface area contributed by atoms with Crippen LogP contribution in [-0.2, 0) is 4.74 Å². The van der Waals surface area contributed by atoms with E-state index < -0.39 is 0 Å². The molecule has 8 nitrogen and oxygen atoms in total. The Balaban J connectivity index is 0.00000216. The third kappa shape index (κ3) is 3.55. The number of benzene rings is 1. The molecule has 3 fully saturated rings. The smallest absolute Gasteiger partial charge is 0.159 e. The number of rotatable bonds is 4. The first-order valence-corrected chi connectivity index (χ1v) is 11.1. The molecule has 0 aliphatic carbocycles. The SMILES string of the molecule is COc1cc(N2CCOCC2)ccc1-c1nc2c(N3CC4CC3CN4)c(Cl)cnc2[nH]1.Cl. The number of imidazole rings is 1. The molecule has 0 amide bonds. The number of nitrogens with one attached hydrogen (secondary N) is 2. The molecule has 2 bridgehead atoms. The molecule has 0 saturated carbocycles. The Morgan fingerprint density at radius 1 is 1.25 bits per heavy atom. The number of ether oxygens (including phenoxy) is 2. The molecule has 32 heavy (non-hydrogen) atoms. The van der Waals surface area contributed by atoms with Crippen LogP contribution in [0.1, 0.15) is 6.42 Å². The summed E-state index contributed by atoms with van der Waals surface area (Å²) in [5, 5.41) is 4.19. The van der Waals surface area contributed by atoms with Gasteiger partial charge in [0, 0.05) is 50.0 Å². The Kier molecular flexibility index (Phi) is 5.79. The lowest BCUT2D eigenvalue weighted by Gasteiger charge is -2.30. The summed E-state index contributed by atoms with van der Waals surface area (Å²) in [7, 11) is 1.69. The predicted octanol–water partition coefficient (Wildman–Crippen LogP) is 3.10. The summed E-state index contributed by atoms with van der Waals surface area (Å²) < 4.78 is 11.2. The molecule has 3 aromatic rings. The van der Waals surface area contributed by atoms with Crippen LogP contribution < -0.4 is 19.9 Å². The van der Waals surface area contributed by atoms with Crippen molar-refractivity contribution in [3.05, 3.63) is 29.4 Å². The average Bonchev–Trinajstić information content (AvgIpc) is 3.55. The number of morpholine rings is 1. The van der Waals surface area contributed by atoms with E-state index in [-0.39, 0.29) is 12.4 Å². The molecular formula is C22H26Cl2N6O2. The van der Waals surface area contributed by atoms with Crippen LogP contribution in [0.15, 0.2) is 24.4 Å². The molecule has 0 spiro atoms. The van der Waals surface area contributed by atoms with Crippen LogP contribution in [0.3, 0.4) is 0 Å². The van der Waals surface area contributed by atoms with E-state index >= 15 is 0 Å². The number of anilines is 2. The summed E-state index contributed by atoms with van der Waals surface area (Å²) in [6, 6.07) is 7.22. The second kappa shape index (κ2) is 8.59. The number of nitrogens with zero attached hydrogens (tertiary/aromatic N) is 4. The number of halogens is 2. The van der Waals surface area contributed by atoms with Crippen molar-refractivity contribution in [2.45, 2.75) is 18.5 Å². The number of fused-ring (bicyclic) bond motifs is 3. The molecule has 3 aliphatic rings. The predicted molar refractivity (Wildman–Crippen MR) is 129 cm³/mol. The fourth-order valence-corrected chi connectivity index (χ4v) is 5.29. The van der Waals surface area contributed by atoms with Crippen LogP contribution in [0.4, 0.5) is 11.4 Å². The Labute approximate surface area is 197 Å². The van der Waals surface area contributed by atoms with Crippen LogP contribution >= 0.6 is 24.0 Å². The maximum Gasteiger partial charge on any atom is 0.159 e. The van der Waals surface area contributed by atoms with Crippen molar-refractivity contribution >= 4 is 46.5 Å². The summed E-state index contributed by atoms with van der Waals surface area (Å²) in [5.74, 6) is 1.51. The summed E-state index contributed by atoms with van der Waals surface area (Å²) in [6.07, 6.45) is 2.87. The van der Waals surface area contributed by atoms with E-state index in [0.29, 0.717) is 17.1 Å². The summed E-state index contributed by atoms with van der Waals surface area (Å²) in [5.41, 5.74) is 4.57. The zero-order valence-electron chi connectivity index (χ0n) is 17.8. The fraction of sp³-hybridized carbons (Fsp3) is 0.455. The zero-order valence-corrected chi connectivity index (χ0v) is 19.4. The van der Waals surface area contributed by atoms with E-state index in [4.69, 9.17) is 26.1 Å². The van der Waals surface area contributed by atoms with Gasteiger partial charge in [0.15, 0.2) is 5.65 Å². The molecule has 3 saturated heterocycles. The number of methoxy groups -OCH3 is 1. The van der Waals surface area contributed by atoms with Crippen LogP contribution in [-0.4, -0.2) is 73.5 Å². The third-order valence-corrected chi connectivity index (χ3v) is 6.88. The van der Waals surface area contributed by atoms with Gasteiger partial charge >= 0.3 is 0 Å². The van der Waals surface area contributed by atoms with Gasteiger partial charge in [-0.25, -0.2) is 9.97 Å². The minimum absolute atomic E-state index is 0. The summed E-state index contributed by atoms with van der Waals surface area (Å²) in [4.78, 5) is 17.5. The summed E-state index contributed by atoms with van der Waals surface area (Å²) in [6.45, 7) is 5.19. The van der Waals surface area contributed by atoms with Gasteiger partial charge in [-0.1, -0.05) is 11.6 Å². The average molecular weight is 477 g/mol. The topological polar surface area (TPSA) is 78.5 Å². The van der Waals surface area contributed by atoms with Gasteiger partial charge in [-0.05, 0) is 18.6 Å². The molecule has 3 aliphatic heterocycles. The Hall–Kier alpha value is -2.26. The van der Waals surface area contributed by atoms with Crippen LogP contribution in [0.5, 0.6) is 5.75 Å².